The second-order valence-electron chi connectivity index (χ2n) is 6.74. The Labute approximate surface area is 171 Å². The third-order valence-electron chi connectivity index (χ3n) is 5.18. The molecule has 2 aromatic rings. The summed E-state index contributed by atoms with van der Waals surface area (Å²) in [4.78, 5) is 14.9. The molecule has 1 aliphatic heterocycles. The lowest BCUT2D eigenvalue weighted by Crippen LogP contribution is -2.29. The molecule has 1 saturated heterocycles. The van der Waals surface area contributed by atoms with Crippen LogP contribution in [0.15, 0.2) is 42.5 Å². The molecule has 0 N–H and O–H groups in total. The average Bonchev–Trinajstić information content (AvgIpc) is 3.26. The summed E-state index contributed by atoms with van der Waals surface area (Å²) < 4.78 is 21.5. The van der Waals surface area contributed by atoms with Crippen LogP contribution in [0.2, 0.25) is 0 Å². The van der Waals surface area contributed by atoms with Crippen LogP contribution in [-0.2, 0) is 4.79 Å². The molecule has 0 aromatic heterocycles. The molecule has 1 unspecified atom stereocenters. The fraction of sp³-hybridized carbons (Fsp3) is 0.348. The third kappa shape index (κ3) is 4.47. The first kappa shape index (κ1) is 20.6. The molecule has 0 saturated carbocycles. The van der Waals surface area contributed by atoms with Crippen molar-refractivity contribution in [1.29, 1.82) is 0 Å². The van der Waals surface area contributed by atoms with E-state index in [0.29, 0.717) is 18.0 Å². The van der Waals surface area contributed by atoms with Crippen molar-refractivity contribution in [2.75, 3.05) is 35.0 Å². The van der Waals surface area contributed by atoms with Crippen molar-refractivity contribution in [3.8, 4) is 23.0 Å². The first-order valence-electron chi connectivity index (χ1n) is 9.54. The zero-order chi connectivity index (χ0) is 20.8. The summed E-state index contributed by atoms with van der Waals surface area (Å²) in [5.41, 5.74) is 1.78. The van der Waals surface area contributed by atoms with Gasteiger partial charge in [-0.25, -0.2) is 0 Å². The zero-order valence-corrected chi connectivity index (χ0v) is 17.3. The summed E-state index contributed by atoms with van der Waals surface area (Å²) in [6, 6.07) is 11.2. The van der Waals surface area contributed by atoms with Gasteiger partial charge in [-0.1, -0.05) is 0 Å². The van der Waals surface area contributed by atoms with Gasteiger partial charge in [0.2, 0.25) is 5.91 Å². The first-order chi connectivity index (χ1) is 14.1. The van der Waals surface area contributed by atoms with Crippen LogP contribution in [0.1, 0.15) is 30.0 Å². The van der Waals surface area contributed by atoms with Gasteiger partial charge in [-0.15, -0.1) is 0 Å². The van der Waals surface area contributed by atoms with Crippen molar-refractivity contribution in [2.45, 2.75) is 18.9 Å². The molecule has 1 aliphatic rings. The molecule has 1 atom stereocenters. The van der Waals surface area contributed by atoms with Crippen molar-refractivity contribution in [1.82, 2.24) is 4.90 Å². The van der Waals surface area contributed by atoms with Crippen LogP contribution < -0.4 is 18.9 Å². The van der Waals surface area contributed by atoms with Crippen molar-refractivity contribution in [3.63, 3.8) is 0 Å². The number of amides is 1. The van der Waals surface area contributed by atoms with E-state index >= 15 is 0 Å². The molecule has 0 aliphatic carbocycles. The van der Waals surface area contributed by atoms with E-state index in [1.54, 1.807) is 46.7 Å². The number of methoxy groups -OCH3 is 4. The highest BCUT2D eigenvalue weighted by atomic mass is 16.5. The number of rotatable bonds is 7. The standard InChI is InChI=1S/C23H27NO5/c1-26-17-10-11-21(28-3)19(14-17)20-6-5-13-24(20)23(25)12-8-16-7-9-18(27-2)15-22(16)29-4/h7-12,14-15,20H,5-6,13H2,1-4H3. The number of hydrogen-bond donors (Lipinski definition) is 0. The second kappa shape index (κ2) is 9.37. The fourth-order valence-corrected chi connectivity index (χ4v) is 3.67. The van der Waals surface area contributed by atoms with E-state index in [2.05, 4.69) is 0 Å². The lowest BCUT2D eigenvalue weighted by molar-refractivity contribution is -0.126. The number of ether oxygens (including phenoxy) is 4. The number of nitrogens with zero attached hydrogens (tertiary/aromatic N) is 1. The highest BCUT2D eigenvalue weighted by Gasteiger charge is 2.31. The Hall–Kier alpha value is -3.15. The van der Waals surface area contributed by atoms with E-state index in [9.17, 15) is 4.79 Å². The van der Waals surface area contributed by atoms with Gasteiger partial charge in [-0.3, -0.25) is 4.79 Å². The third-order valence-corrected chi connectivity index (χ3v) is 5.18. The van der Waals surface area contributed by atoms with Crippen LogP contribution in [0, 0.1) is 0 Å². The van der Waals surface area contributed by atoms with Crippen molar-refractivity contribution in [2.24, 2.45) is 0 Å². The predicted molar refractivity (Wildman–Crippen MR) is 112 cm³/mol. The number of benzene rings is 2. The van der Waals surface area contributed by atoms with Gasteiger partial charge in [0, 0.05) is 29.8 Å². The molecule has 6 nitrogen and oxygen atoms in total. The van der Waals surface area contributed by atoms with E-state index in [4.69, 9.17) is 18.9 Å². The molecule has 0 bridgehead atoms. The molecule has 0 spiro atoms. The van der Waals surface area contributed by atoms with Crippen LogP contribution in [0.3, 0.4) is 0 Å². The molecule has 0 radical (unpaired) electrons. The fourth-order valence-electron chi connectivity index (χ4n) is 3.67. The van der Waals surface area contributed by atoms with E-state index in [1.165, 1.54) is 0 Å². The summed E-state index contributed by atoms with van der Waals surface area (Å²) in [7, 11) is 6.48. The maximum Gasteiger partial charge on any atom is 0.247 e. The smallest absolute Gasteiger partial charge is 0.247 e. The predicted octanol–water partition coefficient (Wildman–Crippen LogP) is 4.10. The maximum absolute atomic E-state index is 13.0. The molecule has 2 aromatic carbocycles. The number of carbonyl (C=O) groups excluding carboxylic acids is 1. The van der Waals surface area contributed by atoms with E-state index in [1.807, 2.05) is 35.2 Å². The van der Waals surface area contributed by atoms with Gasteiger partial charge in [-0.2, -0.15) is 0 Å². The van der Waals surface area contributed by atoms with Gasteiger partial charge in [-0.05, 0) is 49.2 Å². The second-order valence-corrected chi connectivity index (χ2v) is 6.74. The highest BCUT2D eigenvalue weighted by Crippen LogP contribution is 2.39. The van der Waals surface area contributed by atoms with Crippen molar-refractivity contribution >= 4 is 12.0 Å². The minimum Gasteiger partial charge on any atom is -0.497 e. The maximum atomic E-state index is 13.0. The number of likely N-dealkylation sites (tertiary alicyclic amines) is 1. The van der Waals surface area contributed by atoms with Crippen LogP contribution >= 0.6 is 0 Å². The van der Waals surface area contributed by atoms with Crippen LogP contribution in [-0.4, -0.2) is 45.8 Å². The Morgan fingerprint density at radius 2 is 1.62 bits per heavy atom. The molecule has 1 fully saturated rings. The summed E-state index contributed by atoms with van der Waals surface area (Å²) in [6.07, 6.45) is 5.19. The van der Waals surface area contributed by atoms with Crippen molar-refractivity contribution in [3.05, 3.63) is 53.6 Å². The Balaban J connectivity index is 1.83. The first-order valence-corrected chi connectivity index (χ1v) is 9.54. The Morgan fingerprint density at radius 1 is 0.931 bits per heavy atom. The Kier molecular flexibility index (Phi) is 6.65. The summed E-state index contributed by atoms with van der Waals surface area (Å²) in [5.74, 6) is 2.82. The average molecular weight is 397 g/mol. The van der Waals surface area contributed by atoms with Gasteiger partial charge in [0.15, 0.2) is 0 Å². The topological polar surface area (TPSA) is 57.2 Å². The molecule has 6 heteroatoms. The highest BCUT2D eigenvalue weighted by molar-refractivity contribution is 5.92. The Bertz CT molecular complexity index is 893. The minimum atomic E-state index is -0.0463. The van der Waals surface area contributed by atoms with Crippen LogP contribution in [0.4, 0.5) is 0 Å². The number of carbonyl (C=O) groups is 1. The molecule has 1 heterocycles. The van der Waals surface area contributed by atoms with Crippen LogP contribution in [0.5, 0.6) is 23.0 Å². The van der Waals surface area contributed by atoms with Gasteiger partial charge >= 0.3 is 0 Å². The normalized spacial score (nSPS) is 16.1. The molecular formula is C23H27NO5. The lowest BCUT2D eigenvalue weighted by atomic mass is 10.0. The molecule has 154 valence electrons. The van der Waals surface area contributed by atoms with Gasteiger partial charge in [0.1, 0.15) is 23.0 Å². The van der Waals surface area contributed by atoms with Gasteiger partial charge in [0.25, 0.3) is 0 Å². The van der Waals surface area contributed by atoms with E-state index in [-0.39, 0.29) is 11.9 Å². The quantitative estimate of drug-likeness (QED) is 0.659. The minimum absolute atomic E-state index is 0.0461. The Morgan fingerprint density at radius 3 is 2.31 bits per heavy atom. The van der Waals surface area contributed by atoms with Crippen LogP contribution in [0.25, 0.3) is 6.08 Å². The number of hydrogen-bond acceptors (Lipinski definition) is 5. The zero-order valence-electron chi connectivity index (χ0n) is 17.3. The molecular weight excluding hydrogens is 370 g/mol. The molecule has 1 amide bonds. The molecule has 3 rings (SSSR count). The van der Waals surface area contributed by atoms with Gasteiger partial charge < -0.3 is 23.8 Å². The van der Waals surface area contributed by atoms with Crippen molar-refractivity contribution < 1.29 is 23.7 Å². The summed E-state index contributed by atoms with van der Waals surface area (Å²) in [6.45, 7) is 0.702. The monoisotopic (exact) mass is 397 g/mol. The van der Waals surface area contributed by atoms with E-state index < -0.39 is 0 Å². The summed E-state index contributed by atoms with van der Waals surface area (Å²) >= 11 is 0. The molecule has 29 heavy (non-hydrogen) atoms. The van der Waals surface area contributed by atoms with Gasteiger partial charge in [0.05, 0.1) is 34.5 Å². The lowest BCUT2D eigenvalue weighted by Gasteiger charge is -2.25. The van der Waals surface area contributed by atoms with E-state index in [0.717, 1.165) is 35.5 Å². The summed E-state index contributed by atoms with van der Waals surface area (Å²) in [5, 5.41) is 0. The largest absolute Gasteiger partial charge is 0.497 e. The SMILES string of the molecule is COc1ccc(C=CC(=O)N2CCCC2c2cc(OC)ccc2OC)c(OC)c1.